The summed E-state index contributed by atoms with van der Waals surface area (Å²) >= 11 is 0. The van der Waals surface area contributed by atoms with E-state index in [4.69, 9.17) is 0 Å². The lowest BCUT2D eigenvalue weighted by Gasteiger charge is -2.03. The van der Waals surface area contributed by atoms with Crippen molar-refractivity contribution in [3.63, 3.8) is 0 Å². The molecule has 0 aliphatic heterocycles. The predicted molar refractivity (Wildman–Crippen MR) is 51.8 cm³/mol. The highest BCUT2D eigenvalue weighted by atomic mass is 16.6. The third-order valence-corrected chi connectivity index (χ3v) is 1.37. The lowest BCUT2D eigenvalue weighted by atomic mass is 10.3. The standard InChI is InChI=1S/C8H15N3O3/c1-7(11-14-2)5-10-8(13)3-4-9-6-12/h6H,3-5H2,1-2H3,(H,9,12)(H,10,13)/b11-7+. The van der Waals surface area contributed by atoms with Gasteiger partial charge in [-0.15, -0.1) is 0 Å². The number of hydrogen-bond acceptors (Lipinski definition) is 4. The van der Waals surface area contributed by atoms with Gasteiger partial charge in [-0.05, 0) is 6.92 Å². The predicted octanol–water partition coefficient (Wildman–Crippen LogP) is -0.739. The molecule has 0 atom stereocenters. The van der Waals surface area contributed by atoms with Crippen molar-refractivity contribution in [3.8, 4) is 0 Å². The van der Waals surface area contributed by atoms with E-state index in [1.807, 2.05) is 0 Å². The van der Waals surface area contributed by atoms with E-state index in [0.717, 1.165) is 0 Å². The Bertz CT molecular complexity index is 216. The average molecular weight is 201 g/mol. The normalized spacial score (nSPS) is 10.6. The first-order chi connectivity index (χ1) is 6.70. The molecule has 0 heterocycles. The fourth-order valence-corrected chi connectivity index (χ4v) is 0.748. The number of rotatable bonds is 7. The highest BCUT2D eigenvalue weighted by Crippen LogP contribution is 1.79. The zero-order valence-corrected chi connectivity index (χ0v) is 8.37. The molecule has 0 aromatic rings. The number of nitrogens with zero attached hydrogens (tertiary/aromatic N) is 1. The van der Waals surface area contributed by atoms with Crippen molar-refractivity contribution in [1.29, 1.82) is 0 Å². The highest BCUT2D eigenvalue weighted by molar-refractivity contribution is 5.87. The van der Waals surface area contributed by atoms with Crippen molar-refractivity contribution in [3.05, 3.63) is 0 Å². The minimum Gasteiger partial charge on any atom is -0.399 e. The number of carbonyl (C=O) groups is 2. The second kappa shape index (κ2) is 8.03. The zero-order chi connectivity index (χ0) is 10.8. The molecule has 2 N–H and O–H groups in total. The molecule has 2 amide bonds. The maximum absolute atomic E-state index is 11.1. The Labute approximate surface area is 82.7 Å². The third-order valence-electron chi connectivity index (χ3n) is 1.37. The van der Waals surface area contributed by atoms with Crippen molar-refractivity contribution in [2.75, 3.05) is 20.2 Å². The molecule has 6 nitrogen and oxygen atoms in total. The van der Waals surface area contributed by atoms with Crippen LogP contribution in [-0.4, -0.2) is 38.2 Å². The largest absolute Gasteiger partial charge is 0.399 e. The summed E-state index contributed by atoms with van der Waals surface area (Å²) in [7, 11) is 1.44. The van der Waals surface area contributed by atoms with Crippen molar-refractivity contribution in [1.82, 2.24) is 10.6 Å². The molecule has 0 spiro atoms. The van der Waals surface area contributed by atoms with Gasteiger partial charge in [-0.1, -0.05) is 5.16 Å². The number of amides is 2. The second-order valence-corrected chi connectivity index (χ2v) is 2.61. The van der Waals surface area contributed by atoms with E-state index in [1.54, 1.807) is 6.92 Å². The molecule has 0 radical (unpaired) electrons. The molecule has 0 aromatic carbocycles. The van der Waals surface area contributed by atoms with Gasteiger partial charge in [0.15, 0.2) is 0 Å². The van der Waals surface area contributed by atoms with Crippen molar-refractivity contribution in [2.45, 2.75) is 13.3 Å². The number of carbonyl (C=O) groups excluding carboxylic acids is 2. The van der Waals surface area contributed by atoms with E-state index >= 15 is 0 Å². The minimum atomic E-state index is -0.134. The van der Waals surface area contributed by atoms with Crippen LogP contribution >= 0.6 is 0 Å². The van der Waals surface area contributed by atoms with E-state index < -0.39 is 0 Å². The van der Waals surface area contributed by atoms with Gasteiger partial charge in [-0.3, -0.25) is 9.59 Å². The Balaban J connectivity index is 3.53. The van der Waals surface area contributed by atoms with Gasteiger partial charge in [0, 0.05) is 13.0 Å². The van der Waals surface area contributed by atoms with Gasteiger partial charge in [0.05, 0.1) is 12.3 Å². The average Bonchev–Trinajstić information content (AvgIpc) is 2.16. The molecule has 0 saturated heterocycles. The molecule has 0 saturated carbocycles. The number of oxime groups is 1. The lowest BCUT2D eigenvalue weighted by molar-refractivity contribution is -0.120. The zero-order valence-electron chi connectivity index (χ0n) is 8.37. The van der Waals surface area contributed by atoms with Gasteiger partial charge in [0.2, 0.25) is 12.3 Å². The van der Waals surface area contributed by atoms with E-state index in [0.29, 0.717) is 25.2 Å². The second-order valence-electron chi connectivity index (χ2n) is 2.61. The Morgan fingerprint density at radius 1 is 1.57 bits per heavy atom. The van der Waals surface area contributed by atoms with Crippen molar-refractivity contribution < 1.29 is 14.4 Å². The maximum Gasteiger partial charge on any atom is 0.222 e. The Morgan fingerprint density at radius 2 is 2.29 bits per heavy atom. The van der Waals surface area contributed by atoms with Gasteiger partial charge in [-0.2, -0.15) is 0 Å². The summed E-state index contributed by atoms with van der Waals surface area (Å²) in [6.45, 7) is 2.44. The van der Waals surface area contributed by atoms with Crippen LogP contribution in [-0.2, 0) is 14.4 Å². The van der Waals surface area contributed by atoms with Crippen LogP contribution in [0.15, 0.2) is 5.16 Å². The van der Waals surface area contributed by atoms with Crippen LogP contribution in [0.1, 0.15) is 13.3 Å². The first kappa shape index (κ1) is 12.4. The van der Waals surface area contributed by atoms with E-state index in [2.05, 4.69) is 20.6 Å². The summed E-state index contributed by atoms with van der Waals surface area (Å²) in [6.07, 6.45) is 0.823. The Kier molecular flexibility index (Phi) is 7.12. The van der Waals surface area contributed by atoms with Gasteiger partial charge >= 0.3 is 0 Å². The molecular formula is C8H15N3O3. The van der Waals surface area contributed by atoms with Crippen LogP contribution in [0.3, 0.4) is 0 Å². The van der Waals surface area contributed by atoms with Gasteiger partial charge < -0.3 is 15.5 Å². The summed E-state index contributed by atoms with van der Waals surface area (Å²) < 4.78 is 0. The monoisotopic (exact) mass is 201 g/mol. The summed E-state index contributed by atoms with van der Waals surface area (Å²) in [5.41, 5.74) is 0.684. The number of nitrogens with one attached hydrogen (secondary N) is 2. The first-order valence-corrected chi connectivity index (χ1v) is 4.21. The molecule has 14 heavy (non-hydrogen) atoms. The maximum atomic E-state index is 11.1. The minimum absolute atomic E-state index is 0.134. The molecule has 0 rings (SSSR count). The Morgan fingerprint density at radius 3 is 2.86 bits per heavy atom. The molecule has 0 unspecified atom stereocenters. The molecule has 0 aliphatic carbocycles. The van der Waals surface area contributed by atoms with Crippen molar-refractivity contribution in [2.24, 2.45) is 5.16 Å². The summed E-state index contributed by atoms with van der Waals surface area (Å²) in [5.74, 6) is -0.134. The van der Waals surface area contributed by atoms with E-state index in [9.17, 15) is 9.59 Å². The van der Waals surface area contributed by atoms with Crippen LogP contribution in [0.5, 0.6) is 0 Å². The molecule has 0 aliphatic rings. The number of hydrogen-bond donors (Lipinski definition) is 2. The summed E-state index contributed by atoms with van der Waals surface area (Å²) in [5, 5.41) is 8.64. The van der Waals surface area contributed by atoms with Gasteiger partial charge in [0.25, 0.3) is 0 Å². The molecule has 6 heteroatoms. The summed E-state index contributed by atoms with van der Waals surface area (Å²) in [6, 6.07) is 0. The van der Waals surface area contributed by atoms with E-state index in [-0.39, 0.29) is 12.3 Å². The molecular weight excluding hydrogens is 186 g/mol. The molecule has 0 aromatic heterocycles. The topological polar surface area (TPSA) is 79.8 Å². The quantitative estimate of drug-likeness (QED) is 0.246. The van der Waals surface area contributed by atoms with Gasteiger partial charge in [-0.25, -0.2) is 0 Å². The van der Waals surface area contributed by atoms with Crippen molar-refractivity contribution >= 4 is 18.0 Å². The fourth-order valence-electron chi connectivity index (χ4n) is 0.748. The molecule has 0 bridgehead atoms. The first-order valence-electron chi connectivity index (χ1n) is 4.21. The van der Waals surface area contributed by atoms with Crippen LogP contribution in [0.2, 0.25) is 0 Å². The smallest absolute Gasteiger partial charge is 0.222 e. The van der Waals surface area contributed by atoms with Gasteiger partial charge in [0.1, 0.15) is 7.11 Å². The van der Waals surface area contributed by atoms with Crippen LogP contribution in [0.4, 0.5) is 0 Å². The fraction of sp³-hybridized carbons (Fsp3) is 0.625. The van der Waals surface area contributed by atoms with Crippen LogP contribution < -0.4 is 10.6 Å². The Hall–Kier alpha value is -1.59. The van der Waals surface area contributed by atoms with Crippen LogP contribution in [0.25, 0.3) is 0 Å². The lowest BCUT2D eigenvalue weighted by Crippen LogP contribution is -2.30. The molecule has 0 fully saturated rings. The SMILES string of the molecule is CO/N=C(\C)CNC(=O)CCNC=O. The summed E-state index contributed by atoms with van der Waals surface area (Å²) in [4.78, 5) is 25.4. The highest BCUT2D eigenvalue weighted by Gasteiger charge is 2.00. The third kappa shape index (κ3) is 7.08. The van der Waals surface area contributed by atoms with E-state index in [1.165, 1.54) is 7.11 Å². The molecule has 80 valence electrons. The van der Waals surface area contributed by atoms with Crippen LogP contribution in [0, 0.1) is 0 Å².